The fourth-order valence-corrected chi connectivity index (χ4v) is 3.23. The van der Waals surface area contributed by atoms with Crippen LogP contribution in [0.4, 0.5) is 0 Å². The molecule has 0 spiro atoms. The van der Waals surface area contributed by atoms with E-state index in [2.05, 4.69) is 24.3 Å². The van der Waals surface area contributed by atoms with E-state index in [1.807, 2.05) is 60.7 Å². The van der Waals surface area contributed by atoms with Gasteiger partial charge in [0.05, 0.1) is 6.61 Å². The van der Waals surface area contributed by atoms with Crippen molar-refractivity contribution < 1.29 is 14.3 Å². The third-order valence-electron chi connectivity index (χ3n) is 4.64. The van der Waals surface area contributed by atoms with Gasteiger partial charge in [0.2, 0.25) is 5.60 Å². The summed E-state index contributed by atoms with van der Waals surface area (Å²) in [6, 6.07) is 24.2. The molecule has 130 valence electrons. The number of ether oxygens (including phenoxy) is 2. The lowest BCUT2D eigenvalue weighted by atomic mass is 9.96. The van der Waals surface area contributed by atoms with Crippen LogP contribution in [0.15, 0.2) is 78.9 Å². The van der Waals surface area contributed by atoms with Gasteiger partial charge < -0.3 is 9.47 Å². The van der Waals surface area contributed by atoms with Crippen molar-refractivity contribution in [1.82, 2.24) is 0 Å². The Labute approximate surface area is 152 Å². The van der Waals surface area contributed by atoms with Crippen molar-refractivity contribution in [2.75, 3.05) is 6.61 Å². The van der Waals surface area contributed by atoms with Crippen LogP contribution >= 0.6 is 0 Å². The van der Waals surface area contributed by atoms with Gasteiger partial charge in [-0.2, -0.15) is 0 Å². The van der Waals surface area contributed by atoms with E-state index in [1.54, 1.807) is 6.92 Å². The molecule has 3 heteroatoms. The number of benzene rings is 3. The lowest BCUT2D eigenvalue weighted by Crippen LogP contribution is -2.25. The minimum atomic E-state index is -1.05. The molecule has 2 unspecified atom stereocenters. The lowest BCUT2D eigenvalue weighted by Gasteiger charge is -2.08. The molecule has 1 fully saturated rings. The first-order valence-electron chi connectivity index (χ1n) is 8.81. The number of epoxide rings is 1. The first-order valence-corrected chi connectivity index (χ1v) is 8.81. The molecule has 4 rings (SSSR count). The summed E-state index contributed by atoms with van der Waals surface area (Å²) >= 11 is 0. The summed E-state index contributed by atoms with van der Waals surface area (Å²) in [5, 5.41) is 2.30. The molecule has 3 nitrogen and oxygen atoms in total. The highest BCUT2D eigenvalue weighted by Crippen LogP contribution is 2.52. The van der Waals surface area contributed by atoms with Gasteiger partial charge in [0.1, 0.15) is 6.10 Å². The second-order valence-corrected chi connectivity index (χ2v) is 6.36. The Kier molecular flexibility index (Phi) is 4.31. The number of carbonyl (C=O) groups excluding carboxylic acids is 1. The van der Waals surface area contributed by atoms with E-state index in [0.717, 1.165) is 16.5 Å². The maximum absolute atomic E-state index is 12.6. The Morgan fingerprint density at radius 1 is 1.04 bits per heavy atom. The Balaban J connectivity index is 1.67. The van der Waals surface area contributed by atoms with Crippen LogP contribution in [0.1, 0.15) is 24.2 Å². The Morgan fingerprint density at radius 3 is 2.54 bits per heavy atom. The topological polar surface area (TPSA) is 38.8 Å². The van der Waals surface area contributed by atoms with E-state index < -0.39 is 5.60 Å². The Bertz CT molecular complexity index is 961. The first kappa shape index (κ1) is 16.6. The van der Waals surface area contributed by atoms with E-state index in [0.29, 0.717) is 6.61 Å². The van der Waals surface area contributed by atoms with Gasteiger partial charge in [-0.25, -0.2) is 4.79 Å². The van der Waals surface area contributed by atoms with Crippen molar-refractivity contribution in [1.29, 1.82) is 0 Å². The molecule has 0 radical (unpaired) electrons. The van der Waals surface area contributed by atoms with Crippen LogP contribution in [0.2, 0.25) is 0 Å². The van der Waals surface area contributed by atoms with Crippen LogP contribution in [0.3, 0.4) is 0 Å². The van der Waals surface area contributed by atoms with Crippen molar-refractivity contribution in [3.8, 4) is 0 Å². The van der Waals surface area contributed by atoms with Crippen LogP contribution in [0, 0.1) is 0 Å². The molecule has 2 atom stereocenters. The van der Waals surface area contributed by atoms with Crippen LogP contribution in [-0.4, -0.2) is 18.2 Å². The summed E-state index contributed by atoms with van der Waals surface area (Å²) in [5.74, 6) is -0.342. The third kappa shape index (κ3) is 3.02. The third-order valence-corrected chi connectivity index (χ3v) is 4.64. The Hall–Kier alpha value is -2.91. The molecule has 0 aliphatic carbocycles. The number of hydrogen-bond acceptors (Lipinski definition) is 3. The van der Waals surface area contributed by atoms with Gasteiger partial charge >= 0.3 is 5.97 Å². The number of hydrogen-bond donors (Lipinski definition) is 0. The maximum atomic E-state index is 12.6. The molecule has 1 heterocycles. The summed E-state index contributed by atoms with van der Waals surface area (Å²) < 4.78 is 11.2. The second kappa shape index (κ2) is 6.77. The zero-order valence-electron chi connectivity index (χ0n) is 14.6. The fourth-order valence-electron chi connectivity index (χ4n) is 3.23. The zero-order valence-corrected chi connectivity index (χ0v) is 14.6. The molecule has 0 saturated carbocycles. The van der Waals surface area contributed by atoms with Crippen molar-refractivity contribution in [3.63, 3.8) is 0 Å². The number of fused-ring (bicyclic) bond motifs is 1. The Morgan fingerprint density at radius 2 is 1.77 bits per heavy atom. The minimum Gasteiger partial charge on any atom is -0.464 e. The van der Waals surface area contributed by atoms with E-state index in [4.69, 9.17) is 9.47 Å². The molecule has 1 aliphatic rings. The van der Waals surface area contributed by atoms with Crippen LogP contribution < -0.4 is 0 Å². The monoisotopic (exact) mass is 344 g/mol. The summed E-state index contributed by atoms with van der Waals surface area (Å²) in [7, 11) is 0. The van der Waals surface area contributed by atoms with Gasteiger partial charge in [-0.3, -0.25) is 0 Å². The average molecular weight is 344 g/mol. The summed E-state index contributed by atoms with van der Waals surface area (Å²) in [6.07, 6.45) is 3.41. The van der Waals surface area contributed by atoms with Crippen molar-refractivity contribution in [3.05, 3.63) is 90.0 Å². The minimum absolute atomic E-state index is 0.327. The van der Waals surface area contributed by atoms with Crippen LogP contribution in [0.25, 0.3) is 16.8 Å². The van der Waals surface area contributed by atoms with Gasteiger partial charge in [0, 0.05) is 0 Å². The molecule has 26 heavy (non-hydrogen) atoms. The predicted molar refractivity (Wildman–Crippen MR) is 103 cm³/mol. The molecule has 3 aromatic carbocycles. The quantitative estimate of drug-likeness (QED) is 0.487. The fraction of sp³-hybridized carbons (Fsp3) is 0.174. The van der Waals surface area contributed by atoms with Gasteiger partial charge in [-0.05, 0) is 41.0 Å². The average Bonchev–Trinajstić information content (AvgIpc) is 3.43. The van der Waals surface area contributed by atoms with Gasteiger partial charge in [-0.15, -0.1) is 0 Å². The van der Waals surface area contributed by atoms with E-state index >= 15 is 0 Å². The van der Waals surface area contributed by atoms with Crippen molar-refractivity contribution in [2.45, 2.75) is 18.6 Å². The second-order valence-electron chi connectivity index (χ2n) is 6.36. The predicted octanol–water partition coefficient (Wildman–Crippen LogP) is 4.93. The molecule has 0 amide bonds. The standard InChI is InChI=1S/C23H20O3/c1-2-25-22(24)23(15-14-17-8-4-3-5-9-17)21(26-23)20-13-12-18-10-6-7-11-19(18)16-20/h3-16,21H,2H2,1H3/b15-14+. The maximum Gasteiger partial charge on any atom is 0.345 e. The smallest absolute Gasteiger partial charge is 0.345 e. The summed E-state index contributed by atoms with van der Waals surface area (Å²) in [4.78, 5) is 12.6. The van der Waals surface area contributed by atoms with Gasteiger partial charge in [0.25, 0.3) is 0 Å². The SMILES string of the molecule is CCOC(=O)C1(/C=C/c2ccccc2)OC1c1ccc2ccccc2c1. The molecular formula is C23H20O3. The number of carbonyl (C=O) groups is 1. The van der Waals surface area contributed by atoms with E-state index in [-0.39, 0.29) is 12.1 Å². The van der Waals surface area contributed by atoms with Gasteiger partial charge in [0.15, 0.2) is 0 Å². The van der Waals surface area contributed by atoms with Gasteiger partial charge in [-0.1, -0.05) is 72.8 Å². The molecule has 0 N–H and O–H groups in total. The first-order chi connectivity index (χ1) is 12.7. The lowest BCUT2D eigenvalue weighted by molar-refractivity contribution is -0.147. The van der Waals surface area contributed by atoms with Crippen molar-refractivity contribution in [2.24, 2.45) is 0 Å². The number of rotatable bonds is 5. The van der Waals surface area contributed by atoms with Crippen LogP contribution in [-0.2, 0) is 14.3 Å². The molecule has 1 saturated heterocycles. The largest absolute Gasteiger partial charge is 0.464 e. The number of esters is 1. The molecule has 3 aromatic rings. The van der Waals surface area contributed by atoms with E-state index in [9.17, 15) is 4.79 Å². The summed E-state index contributed by atoms with van der Waals surface area (Å²) in [6.45, 7) is 2.13. The van der Waals surface area contributed by atoms with Crippen molar-refractivity contribution >= 4 is 22.8 Å². The molecular weight excluding hydrogens is 324 g/mol. The normalized spacial score (nSPS) is 21.8. The molecule has 0 bridgehead atoms. The molecule has 0 aromatic heterocycles. The highest BCUT2D eigenvalue weighted by Gasteiger charge is 2.62. The van der Waals surface area contributed by atoms with Crippen LogP contribution in [0.5, 0.6) is 0 Å². The molecule has 1 aliphatic heterocycles. The zero-order chi connectivity index (χ0) is 18.0. The van der Waals surface area contributed by atoms with E-state index in [1.165, 1.54) is 5.39 Å². The highest BCUT2D eigenvalue weighted by molar-refractivity contribution is 5.89. The summed E-state index contributed by atoms with van der Waals surface area (Å²) in [5.41, 5.74) is 0.951. The highest BCUT2D eigenvalue weighted by atomic mass is 16.7.